The number of nitro groups is 1. The van der Waals surface area contributed by atoms with Crippen LogP contribution in [0.15, 0.2) is 77.9 Å². The Morgan fingerprint density at radius 1 is 1.15 bits per heavy atom. The molecule has 0 spiro atoms. The highest BCUT2D eigenvalue weighted by atomic mass is 32.1. The Morgan fingerprint density at radius 2 is 1.82 bits per heavy atom. The van der Waals surface area contributed by atoms with E-state index in [2.05, 4.69) is 15.4 Å². The number of amides is 1. The van der Waals surface area contributed by atoms with Crippen LogP contribution in [0.25, 0.3) is 0 Å². The van der Waals surface area contributed by atoms with E-state index in [0.29, 0.717) is 16.7 Å². The average molecular weight is 465 g/mol. The van der Waals surface area contributed by atoms with Crippen molar-refractivity contribution in [2.24, 2.45) is 0 Å². The smallest absolute Gasteiger partial charge is 0.413 e. The van der Waals surface area contributed by atoms with Crippen molar-refractivity contribution in [2.75, 3.05) is 7.11 Å². The van der Waals surface area contributed by atoms with E-state index < -0.39 is 17.1 Å². The Kier molecular flexibility index (Phi) is 7.42. The Balaban J connectivity index is 1.99. The van der Waals surface area contributed by atoms with Crippen molar-refractivity contribution in [2.45, 2.75) is 12.5 Å². The first-order valence-corrected chi connectivity index (χ1v) is 10.2. The van der Waals surface area contributed by atoms with Crippen molar-refractivity contribution >= 4 is 40.6 Å². The molecule has 1 unspecified atom stereocenters. The van der Waals surface area contributed by atoms with E-state index in [1.807, 2.05) is 0 Å². The zero-order valence-corrected chi connectivity index (χ0v) is 18.3. The minimum Gasteiger partial charge on any atom is -0.453 e. The molecule has 9 nitrogen and oxygen atoms in total. The molecule has 0 aromatic heterocycles. The summed E-state index contributed by atoms with van der Waals surface area (Å²) in [5.41, 5.74) is 1.27. The Bertz CT molecular complexity index is 1190. The molecule has 2 aromatic carbocycles. The molecule has 3 N–H and O–H groups in total. The first kappa shape index (κ1) is 23.5. The summed E-state index contributed by atoms with van der Waals surface area (Å²) in [7, 11) is 1.19. The third kappa shape index (κ3) is 5.55. The number of ether oxygens (including phenoxy) is 1. The second kappa shape index (κ2) is 10.4. The zero-order chi connectivity index (χ0) is 24.0. The van der Waals surface area contributed by atoms with Crippen LogP contribution in [0, 0.1) is 15.5 Å². The fraction of sp³-hybridized carbons (Fsp3) is 0.130. The zero-order valence-electron chi connectivity index (χ0n) is 17.5. The van der Waals surface area contributed by atoms with Gasteiger partial charge in [-0.3, -0.25) is 20.2 Å². The maximum atomic E-state index is 13.2. The maximum Gasteiger partial charge on any atom is 0.413 e. The number of Topliss-reactive ketones (excluding diaryl/α,β-unsaturated/α-hetero) is 1. The monoisotopic (exact) mass is 464 g/mol. The van der Waals surface area contributed by atoms with Gasteiger partial charge in [0.05, 0.1) is 23.8 Å². The molecule has 1 aliphatic carbocycles. The van der Waals surface area contributed by atoms with Crippen LogP contribution >= 0.6 is 12.2 Å². The number of rotatable bonds is 6. The van der Waals surface area contributed by atoms with Gasteiger partial charge >= 0.3 is 6.09 Å². The fourth-order valence-corrected chi connectivity index (χ4v) is 3.55. The molecule has 1 atom stereocenters. The van der Waals surface area contributed by atoms with Gasteiger partial charge < -0.3 is 15.5 Å². The van der Waals surface area contributed by atoms with Gasteiger partial charge in [-0.15, -0.1) is 0 Å². The standard InChI is InChI=1S/C23H20N4O5S/c1-32-23(29)26-22(33)25-18-12-11-16(21(28)14-7-3-2-4-8-14)17(20(18)24)13-15-9-5-6-10-19(15)27(30)31/h2-12,18,24H,13H2,1H3,(H2,25,26,29,33). The number of allylic oxidation sites excluding steroid dienone is 2. The van der Waals surface area contributed by atoms with Gasteiger partial charge in [-0.25, -0.2) is 4.79 Å². The summed E-state index contributed by atoms with van der Waals surface area (Å²) in [6.45, 7) is 0. The summed E-state index contributed by atoms with van der Waals surface area (Å²) >= 11 is 5.09. The van der Waals surface area contributed by atoms with Gasteiger partial charge in [0, 0.05) is 29.2 Å². The topological polar surface area (TPSA) is 134 Å². The first-order chi connectivity index (χ1) is 15.8. The lowest BCUT2D eigenvalue weighted by molar-refractivity contribution is -0.385. The van der Waals surface area contributed by atoms with Crippen LogP contribution in [0.2, 0.25) is 0 Å². The number of benzene rings is 2. The molecule has 0 fully saturated rings. The van der Waals surface area contributed by atoms with E-state index >= 15 is 0 Å². The molecule has 1 amide bonds. The number of hydrogen-bond acceptors (Lipinski definition) is 7. The molecule has 168 valence electrons. The van der Waals surface area contributed by atoms with Gasteiger partial charge in [-0.1, -0.05) is 60.7 Å². The van der Waals surface area contributed by atoms with Crippen LogP contribution in [0.3, 0.4) is 0 Å². The Hall–Kier alpha value is -4.18. The predicted octanol–water partition coefficient (Wildman–Crippen LogP) is 3.51. The summed E-state index contributed by atoms with van der Waals surface area (Å²) < 4.78 is 4.50. The molecular weight excluding hydrogens is 444 g/mol. The SMILES string of the molecule is COC(=O)NC(=S)NC1C=CC(C(=O)c2ccccc2)=C(Cc2ccccc2[N+](=O)[O-])C1=N. The summed E-state index contributed by atoms with van der Waals surface area (Å²) in [5.74, 6) is -0.307. The lowest BCUT2D eigenvalue weighted by Gasteiger charge is -2.25. The molecule has 0 saturated heterocycles. The second-order valence-electron chi connectivity index (χ2n) is 6.99. The Labute approximate surface area is 194 Å². The molecule has 0 aliphatic heterocycles. The van der Waals surface area contributed by atoms with Crippen molar-refractivity contribution in [3.63, 3.8) is 0 Å². The van der Waals surface area contributed by atoms with Crippen molar-refractivity contribution in [1.82, 2.24) is 10.6 Å². The average Bonchev–Trinajstić information content (AvgIpc) is 2.82. The number of carbonyl (C=O) groups is 2. The highest BCUT2D eigenvalue weighted by molar-refractivity contribution is 7.80. The van der Waals surface area contributed by atoms with Crippen LogP contribution in [0.4, 0.5) is 10.5 Å². The number of nitro benzene ring substituents is 1. The molecule has 0 saturated carbocycles. The van der Waals surface area contributed by atoms with E-state index in [9.17, 15) is 19.7 Å². The summed E-state index contributed by atoms with van der Waals surface area (Å²) in [4.78, 5) is 35.6. The molecule has 1 aliphatic rings. The number of ketones is 1. The number of methoxy groups -OCH3 is 1. The highest BCUT2D eigenvalue weighted by Gasteiger charge is 2.29. The van der Waals surface area contributed by atoms with Gasteiger partial charge in [0.1, 0.15) is 0 Å². The lowest BCUT2D eigenvalue weighted by atomic mass is 9.84. The quantitative estimate of drug-likeness (QED) is 0.258. The second-order valence-corrected chi connectivity index (χ2v) is 7.40. The van der Waals surface area contributed by atoms with Crippen LogP contribution in [0.5, 0.6) is 0 Å². The van der Waals surface area contributed by atoms with Crippen LogP contribution in [0.1, 0.15) is 15.9 Å². The van der Waals surface area contributed by atoms with Crippen molar-refractivity contribution in [3.05, 3.63) is 99.1 Å². The van der Waals surface area contributed by atoms with Gasteiger partial charge in [0.25, 0.3) is 5.69 Å². The number of alkyl carbamates (subject to hydrolysis) is 1. The molecule has 0 heterocycles. The van der Waals surface area contributed by atoms with E-state index in [1.165, 1.54) is 13.2 Å². The summed E-state index contributed by atoms with van der Waals surface area (Å²) in [6.07, 6.45) is 2.36. The number of nitrogens with zero attached hydrogens (tertiary/aromatic N) is 1. The number of carbonyl (C=O) groups excluding carboxylic acids is 2. The normalized spacial score (nSPS) is 15.1. The molecule has 33 heavy (non-hydrogen) atoms. The van der Waals surface area contributed by atoms with Gasteiger partial charge in [0.15, 0.2) is 10.9 Å². The van der Waals surface area contributed by atoms with E-state index in [4.69, 9.17) is 17.6 Å². The van der Waals surface area contributed by atoms with Crippen molar-refractivity contribution in [1.29, 1.82) is 5.41 Å². The molecule has 10 heteroatoms. The molecule has 3 rings (SSSR count). The third-order valence-electron chi connectivity index (χ3n) is 4.94. The number of hydrogen-bond donors (Lipinski definition) is 3. The number of thiocarbonyl (C=S) groups is 1. The van der Waals surface area contributed by atoms with Crippen molar-refractivity contribution in [3.8, 4) is 0 Å². The highest BCUT2D eigenvalue weighted by Crippen LogP contribution is 2.28. The molecular formula is C23H20N4O5S. The van der Waals surface area contributed by atoms with Crippen LogP contribution < -0.4 is 10.6 Å². The van der Waals surface area contributed by atoms with E-state index in [1.54, 1.807) is 60.7 Å². The van der Waals surface area contributed by atoms with E-state index in [-0.39, 0.29) is 34.3 Å². The third-order valence-corrected chi connectivity index (χ3v) is 5.16. The lowest BCUT2D eigenvalue weighted by Crippen LogP contribution is -2.48. The van der Waals surface area contributed by atoms with Gasteiger partial charge in [-0.05, 0) is 17.8 Å². The minimum atomic E-state index is -0.769. The Morgan fingerprint density at radius 3 is 2.48 bits per heavy atom. The molecule has 2 aromatic rings. The predicted molar refractivity (Wildman–Crippen MR) is 127 cm³/mol. The largest absolute Gasteiger partial charge is 0.453 e. The van der Waals surface area contributed by atoms with E-state index in [0.717, 1.165) is 0 Å². The van der Waals surface area contributed by atoms with Crippen LogP contribution in [-0.2, 0) is 11.2 Å². The van der Waals surface area contributed by atoms with Gasteiger partial charge in [-0.2, -0.15) is 0 Å². The van der Waals surface area contributed by atoms with Crippen LogP contribution in [-0.4, -0.2) is 40.8 Å². The fourth-order valence-electron chi connectivity index (χ4n) is 3.34. The first-order valence-electron chi connectivity index (χ1n) is 9.79. The van der Waals surface area contributed by atoms with Gasteiger partial charge in [0.2, 0.25) is 0 Å². The maximum absolute atomic E-state index is 13.2. The van der Waals surface area contributed by atoms with Crippen molar-refractivity contribution < 1.29 is 19.2 Å². The molecule has 0 bridgehead atoms. The molecule has 0 radical (unpaired) electrons. The number of nitrogens with one attached hydrogen (secondary N) is 3. The summed E-state index contributed by atoms with van der Waals surface area (Å²) in [5, 5.41) is 25.3. The minimum absolute atomic E-state index is 0.00366. The summed E-state index contributed by atoms with van der Waals surface area (Å²) in [6, 6.07) is 14.0. The number of para-hydroxylation sites is 1.